The predicted molar refractivity (Wildman–Crippen MR) is 77.0 cm³/mol. The summed E-state index contributed by atoms with van der Waals surface area (Å²) in [5, 5.41) is 2.98. The SMILES string of the molecule is CCC1C(=O)NC(C2CC2)C(=O)N1C1CCCC1(C)C. The number of amides is 2. The number of nitrogens with one attached hydrogen (secondary N) is 1. The lowest BCUT2D eigenvalue weighted by atomic mass is 9.84. The Labute approximate surface area is 121 Å². The zero-order valence-electron chi connectivity index (χ0n) is 12.8. The molecule has 1 N–H and O–H groups in total. The summed E-state index contributed by atoms with van der Waals surface area (Å²) in [5.41, 5.74) is 0.134. The van der Waals surface area contributed by atoms with E-state index in [1.807, 2.05) is 11.8 Å². The molecule has 4 heteroatoms. The first-order valence-electron chi connectivity index (χ1n) is 8.08. The third-order valence-electron chi connectivity index (χ3n) is 5.47. The molecule has 0 bridgehead atoms. The van der Waals surface area contributed by atoms with Crippen molar-refractivity contribution in [1.82, 2.24) is 10.2 Å². The molecule has 3 aliphatic rings. The van der Waals surface area contributed by atoms with E-state index in [9.17, 15) is 9.59 Å². The maximum Gasteiger partial charge on any atom is 0.246 e. The van der Waals surface area contributed by atoms with E-state index >= 15 is 0 Å². The minimum absolute atomic E-state index is 0.0618. The van der Waals surface area contributed by atoms with Crippen LogP contribution in [-0.4, -0.2) is 34.8 Å². The van der Waals surface area contributed by atoms with Gasteiger partial charge in [-0.05, 0) is 43.4 Å². The van der Waals surface area contributed by atoms with Crippen molar-refractivity contribution >= 4 is 11.8 Å². The highest BCUT2D eigenvalue weighted by molar-refractivity contribution is 5.97. The molecule has 0 aromatic heterocycles. The van der Waals surface area contributed by atoms with Gasteiger partial charge in [0.2, 0.25) is 11.8 Å². The van der Waals surface area contributed by atoms with E-state index in [4.69, 9.17) is 0 Å². The molecule has 112 valence electrons. The number of carbonyl (C=O) groups is 2. The van der Waals surface area contributed by atoms with E-state index in [2.05, 4.69) is 19.2 Å². The van der Waals surface area contributed by atoms with Gasteiger partial charge < -0.3 is 10.2 Å². The van der Waals surface area contributed by atoms with Crippen molar-refractivity contribution in [2.75, 3.05) is 0 Å². The van der Waals surface area contributed by atoms with E-state index < -0.39 is 0 Å². The molecule has 3 unspecified atom stereocenters. The molecule has 3 fully saturated rings. The Hall–Kier alpha value is -1.06. The van der Waals surface area contributed by atoms with Crippen LogP contribution in [0.5, 0.6) is 0 Å². The summed E-state index contributed by atoms with van der Waals surface area (Å²) >= 11 is 0. The minimum Gasteiger partial charge on any atom is -0.342 e. The van der Waals surface area contributed by atoms with Crippen molar-refractivity contribution in [2.24, 2.45) is 11.3 Å². The maximum absolute atomic E-state index is 12.9. The topological polar surface area (TPSA) is 49.4 Å². The lowest BCUT2D eigenvalue weighted by Crippen LogP contribution is -2.67. The third-order valence-corrected chi connectivity index (χ3v) is 5.47. The molecule has 20 heavy (non-hydrogen) atoms. The first-order valence-corrected chi connectivity index (χ1v) is 8.08. The van der Waals surface area contributed by atoms with E-state index in [1.165, 1.54) is 0 Å². The molecule has 1 aliphatic heterocycles. The Morgan fingerprint density at radius 2 is 1.95 bits per heavy atom. The second-order valence-corrected chi connectivity index (χ2v) is 7.39. The number of carbonyl (C=O) groups excluding carboxylic acids is 2. The first-order chi connectivity index (χ1) is 9.45. The van der Waals surface area contributed by atoms with E-state index in [-0.39, 0.29) is 35.4 Å². The minimum atomic E-state index is -0.264. The van der Waals surface area contributed by atoms with Crippen molar-refractivity contribution in [3.05, 3.63) is 0 Å². The summed E-state index contributed by atoms with van der Waals surface area (Å²) in [4.78, 5) is 27.3. The summed E-state index contributed by atoms with van der Waals surface area (Å²) < 4.78 is 0. The van der Waals surface area contributed by atoms with Gasteiger partial charge in [-0.15, -0.1) is 0 Å². The molecular formula is C16H26N2O2. The van der Waals surface area contributed by atoms with Crippen molar-refractivity contribution in [3.63, 3.8) is 0 Å². The highest BCUT2D eigenvalue weighted by Gasteiger charge is 2.51. The molecule has 3 atom stereocenters. The smallest absolute Gasteiger partial charge is 0.246 e. The van der Waals surface area contributed by atoms with Gasteiger partial charge in [-0.1, -0.05) is 27.2 Å². The second-order valence-electron chi connectivity index (χ2n) is 7.39. The van der Waals surface area contributed by atoms with Crippen molar-refractivity contribution in [3.8, 4) is 0 Å². The van der Waals surface area contributed by atoms with E-state index in [0.29, 0.717) is 12.3 Å². The van der Waals surface area contributed by atoms with Gasteiger partial charge in [-0.25, -0.2) is 0 Å². The van der Waals surface area contributed by atoms with Gasteiger partial charge >= 0.3 is 0 Å². The summed E-state index contributed by atoms with van der Waals surface area (Å²) in [7, 11) is 0. The van der Waals surface area contributed by atoms with Crippen LogP contribution in [0, 0.1) is 11.3 Å². The van der Waals surface area contributed by atoms with Crippen LogP contribution in [0.25, 0.3) is 0 Å². The predicted octanol–water partition coefficient (Wildman–Crippen LogP) is 2.08. The monoisotopic (exact) mass is 278 g/mol. The van der Waals surface area contributed by atoms with Gasteiger partial charge in [-0.3, -0.25) is 9.59 Å². The van der Waals surface area contributed by atoms with Crippen molar-refractivity contribution < 1.29 is 9.59 Å². The Balaban J connectivity index is 1.90. The molecule has 0 aromatic rings. The molecule has 2 aliphatic carbocycles. The third kappa shape index (κ3) is 2.13. The highest BCUT2D eigenvalue weighted by Crippen LogP contribution is 2.44. The van der Waals surface area contributed by atoms with Gasteiger partial charge in [-0.2, -0.15) is 0 Å². The first kappa shape index (κ1) is 13.9. The fourth-order valence-electron chi connectivity index (χ4n) is 4.08. The Bertz CT molecular complexity index is 428. The standard InChI is InChI=1S/C16H26N2O2/c1-4-11-14(19)17-13(10-7-8-10)15(20)18(11)12-6-5-9-16(12,2)3/h10-13H,4-9H2,1-3H3,(H,17,19). The number of nitrogens with zero attached hydrogens (tertiary/aromatic N) is 1. The molecule has 3 rings (SSSR count). The summed E-state index contributed by atoms with van der Waals surface area (Å²) in [6, 6.07) is -0.283. The Morgan fingerprint density at radius 3 is 2.45 bits per heavy atom. The van der Waals surface area contributed by atoms with Crippen LogP contribution in [0.2, 0.25) is 0 Å². The molecule has 2 saturated carbocycles. The quantitative estimate of drug-likeness (QED) is 0.859. The van der Waals surface area contributed by atoms with E-state index in [0.717, 1.165) is 32.1 Å². The van der Waals surface area contributed by atoms with Crippen LogP contribution < -0.4 is 5.32 Å². The number of hydrogen-bond acceptors (Lipinski definition) is 2. The molecular weight excluding hydrogens is 252 g/mol. The van der Waals surface area contributed by atoms with Crippen molar-refractivity contribution in [1.29, 1.82) is 0 Å². The average Bonchev–Trinajstić information content (AvgIpc) is 3.16. The zero-order chi connectivity index (χ0) is 14.5. The lowest BCUT2D eigenvalue weighted by Gasteiger charge is -2.46. The van der Waals surface area contributed by atoms with Gasteiger partial charge in [0.1, 0.15) is 12.1 Å². The van der Waals surface area contributed by atoms with Crippen LogP contribution in [0.1, 0.15) is 59.3 Å². The molecule has 4 nitrogen and oxygen atoms in total. The molecule has 0 radical (unpaired) electrons. The summed E-state index contributed by atoms with van der Waals surface area (Å²) in [6.07, 6.45) is 6.22. The molecule has 1 saturated heterocycles. The number of hydrogen-bond donors (Lipinski definition) is 1. The largest absolute Gasteiger partial charge is 0.342 e. The lowest BCUT2D eigenvalue weighted by molar-refractivity contribution is -0.155. The number of rotatable bonds is 3. The van der Waals surface area contributed by atoms with Crippen LogP contribution in [0.4, 0.5) is 0 Å². The van der Waals surface area contributed by atoms with Gasteiger partial charge in [0.25, 0.3) is 0 Å². The van der Waals surface area contributed by atoms with Crippen molar-refractivity contribution in [2.45, 2.75) is 77.4 Å². The van der Waals surface area contributed by atoms with Gasteiger partial charge in [0.15, 0.2) is 0 Å². The second kappa shape index (κ2) is 4.74. The molecule has 1 heterocycles. The Kier molecular flexibility index (Phi) is 3.30. The highest BCUT2D eigenvalue weighted by atomic mass is 16.2. The normalized spacial score (nSPS) is 37.1. The maximum atomic E-state index is 12.9. The van der Waals surface area contributed by atoms with Crippen LogP contribution in [0.15, 0.2) is 0 Å². The average molecular weight is 278 g/mol. The number of piperazine rings is 1. The van der Waals surface area contributed by atoms with Gasteiger partial charge in [0.05, 0.1) is 0 Å². The summed E-state index contributed by atoms with van der Waals surface area (Å²) in [6.45, 7) is 6.48. The Morgan fingerprint density at radius 1 is 1.25 bits per heavy atom. The zero-order valence-corrected chi connectivity index (χ0v) is 12.8. The molecule has 0 spiro atoms. The molecule has 2 amide bonds. The fraction of sp³-hybridized carbons (Fsp3) is 0.875. The van der Waals surface area contributed by atoms with Crippen LogP contribution >= 0.6 is 0 Å². The van der Waals surface area contributed by atoms with E-state index in [1.54, 1.807) is 0 Å². The summed E-state index contributed by atoms with van der Waals surface area (Å²) in [5.74, 6) is 0.627. The fourth-order valence-corrected chi connectivity index (χ4v) is 4.08. The van der Waals surface area contributed by atoms with Crippen LogP contribution in [0.3, 0.4) is 0 Å². The van der Waals surface area contributed by atoms with Crippen LogP contribution in [-0.2, 0) is 9.59 Å². The molecule has 0 aromatic carbocycles. The van der Waals surface area contributed by atoms with Gasteiger partial charge in [0, 0.05) is 6.04 Å².